The summed E-state index contributed by atoms with van der Waals surface area (Å²) in [4.78, 5) is 27.2. The van der Waals surface area contributed by atoms with Crippen molar-refractivity contribution in [3.8, 4) is 0 Å². The number of para-hydroxylation sites is 1. The third-order valence-corrected chi connectivity index (χ3v) is 8.53. The maximum Gasteiger partial charge on any atom is 0.274 e. The molecule has 33 heavy (non-hydrogen) atoms. The van der Waals surface area contributed by atoms with Crippen molar-refractivity contribution in [2.75, 3.05) is 15.6 Å². The fourth-order valence-corrected chi connectivity index (χ4v) is 6.76. The molecule has 2 aliphatic heterocycles. The number of hydrogen-bond donors (Lipinski definition) is 0. The molecule has 168 valence electrons. The van der Waals surface area contributed by atoms with E-state index < -0.39 is 38.1 Å². The van der Waals surface area contributed by atoms with Crippen LogP contribution in [-0.4, -0.2) is 26.0 Å². The van der Waals surface area contributed by atoms with Gasteiger partial charge in [-0.1, -0.05) is 48.5 Å². The maximum atomic E-state index is 14.4. The molecule has 1 spiro atoms. The number of benzene rings is 3. The Labute approximate surface area is 191 Å². The molecular formula is C25H21FN2O4S. The number of carbonyl (C=O) groups is 2. The summed E-state index contributed by atoms with van der Waals surface area (Å²) in [6.45, 7) is 3.62. The van der Waals surface area contributed by atoms with Crippen LogP contribution in [-0.2, 0) is 30.8 Å². The van der Waals surface area contributed by atoms with E-state index in [0.717, 1.165) is 22.1 Å². The molecule has 3 aromatic carbocycles. The van der Waals surface area contributed by atoms with Gasteiger partial charge in [0, 0.05) is 11.3 Å². The van der Waals surface area contributed by atoms with Crippen LogP contribution in [0.4, 0.5) is 15.8 Å². The van der Waals surface area contributed by atoms with E-state index in [1.807, 2.05) is 31.2 Å². The first-order valence-corrected chi connectivity index (χ1v) is 12.1. The van der Waals surface area contributed by atoms with E-state index in [1.54, 1.807) is 31.2 Å². The normalized spacial score (nSPS) is 21.2. The number of hydrogen-bond acceptors (Lipinski definition) is 4. The fourth-order valence-electron chi connectivity index (χ4n) is 4.73. The van der Waals surface area contributed by atoms with Crippen LogP contribution in [0.3, 0.4) is 0 Å². The van der Waals surface area contributed by atoms with Crippen LogP contribution in [0.15, 0.2) is 66.7 Å². The molecule has 1 unspecified atom stereocenters. The predicted molar refractivity (Wildman–Crippen MR) is 123 cm³/mol. The van der Waals surface area contributed by atoms with Gasteiger partial charge in [0.15, 0.2) is 9.84 Å². The Morgan fingerprint density at radius 3 is 2.36 bits per heavy atom. The Balaban J connectivity index is 1.75. The van der Waals surface area contributed by atoms with Gasteiger partial charge in [0.2, 0.25) is 5.91 Å². The van der Waals surface area contributed by atoms with Gasteiger partial charge in [0.25, 0.3) is 10.8 Å². The standard InChI is InChI=1S/C25H21FN2O4S/c1-16-7-3-4-8-18(16)14-27-22-10-6-5-9-20(22)25(24(27)30)28(23(29)15-33(25,31)32)19-12-11-17(2)21(26)13-19/h3-13H,14-15H2,1-2H3. The van der Waals surface area contributed by atoms with Gasteiger partial charge >= 0.3 is 0 Å². The first-order chi connectivity index (χ1) is 15.7. The maximum absolute atomic E-state index is 14.4. The molecule has 0 aliphatic carbocycles. The van der Waals surface area contributed by atoms with Gasteiger partial charge in [-0.05, 0) is 48.7 Å². The number of aryl methyl sites for hydroxylation is 2. The van der Waals surface area contributed by atoms with E-state index in [2.05, 4.69) is 0 Å². The van der Waals surface area contributed by atoms with Crippen LogP contribution in [0.5, 0.6) is 0 Å². The Hall–Kier alpha value is -3.52. The summed E-state index contributed by atoms with van der Waals surface area (Å²) in [7, 11) is -4.29. The van der Waals surface area contributed by atoms with Crippen molar-refractivity contribution in [1.29, 1.82) is 0 Å². The minimum absolute atomic E-state index is 0.0325. The van der Waals surface area contributed by atoms with Crippen molar-refractivity contribution >= 4 is 33.0 Å². The van der Waals surface area contributed by atoms with Crippen LogP contribution >= 0.6 is 0 Å². The minimum atomic E-state index is -4.29. The Bertz CT molecular complexity index is 1440. The van der Waals surface area contributed by atoms with Crippen LogP contribution in [0.25, 0.3) is 0 Å². The van der Waals surface area contributed by atoms with Gasteiger partial charge in [-0.25, -0.2) is 12.8 Å². The van der Waals surface area contributed by atoms with Crippen LogP contribution in [0.2, 0.25) is 0 Å². The second-order valence-electron chi connectivity index (χ2n) is 8.40. The van der Waals surface area contributed by atoms with Gasteiger partial charge in [-0.15, -0.1) is 0 Å². The highest BCUT2D eigenvalue weighted by Gasteiger charge is 2.69. The molecule has 3 aromatic rings. The number of carbonyl (C=O) groups excluding carboxylic acids is 2. The Kier molecular flexibility index (Phi) is 4.68. The molecule has 2 aliphatic rings. The molecule has 1 saturated heterocycles. The lowest BCUT2D eigenvalue weighted by Gasteiger charge is -2.32. The second-order valence-corrected chi connectivity index (χ2v) is 10.5. The van der Waals surface area contributed by atoms with E-state index in [9.17, 15) is 22.4 Å². The van der Waals surface area contributed by atoms with E-state index in [1.165, 1.54) is 17.0 Å². The summed E-state index contributed by atoms with van der Waals surface area (Å²) >= 11 is 0. The summed E-state index contributed by atoms with van der Waals surface area (Å²) in [6, 6.07) is 18.1. The number of nitrogens with zero attached hydrogens (tertiary/aromatic N) is 2. The highest BCUT2D eigenvalue weighted by atomic mass is 32.2. The molecule has 5 rings (SSSR count). The van der Waals surface area contributed by atoms with Crippen molar-refractivity contribution < 1.29 is 22.4 Å². The number of sulfone groups is 1. The molecule has 0 N–H and O–H groups in total. The van der Waals surface area contributed by atoms with E-state index in [-0.39, 0.29) is 17.8 Å². The van der Waals surface area contributed by atoms with Crippen LogP contribution in [0, 0.1) is 19.7 Å². The molecule has 0 saturated carbocycles. The van der Waals surface area contributed by atoms with Gasteiger partial charge in [-0.3, -0.25) is 14.5 Å². The van der Waals surface area contributed by atoms with Gasteiger partial charge < -0.3 is 4.90 Å². The summed E-state index contributed by atoms with van der Waals surface area (Å²) < 4.78 is 41.6. The average molecular weight is 465 g/mol. The molecule has 0 radical (unpaired) electrons. The lowest BCUT2D eigenvalue weighted by Crippen LogP contribution is -2.54. The van der Waals surface area contributed by atoms with Crippen molar-refractivity contribution in [2.45, 2.75) is 25.3 Å². The summed E-state index contributed by atoms with van der Waals surface area (Å²) in [6.07, 6.45) is 0. The number of rotatable bonds is 3. The first-order valence-electron chi connectivity index (χ1n) is 10.5. The molecule has 1 fully saturated rings. The molecule has 6 nitrogen and oxygen atoms in total. The molecule has 2 heterocycles. The highest BCUT2D eigenvalue weighted by Crippen LogP contribution is 2.52. The summed E-state index contributed by atoms with van der Waals surface area (Å²) in [5.41, 5.74) is 2.81. The third kappa shape index (κ3) is 2.87. The van der Waals surface area contributed by atoms with Crippen LogP contribution in [0.1, 0.15) is 22.3 Å². The lowest BCUT2D eigenvalue weighted by molar-refractivity contribution is -0.123. The van der Waals surface area contributed by atoms with Gasteiger partial charge in [0.05, 0.1) is 12.2 Å². The predicted octanol–water partition coefficient (Wildman–Crippen LogP) is 3.60. The fraction of sp³-hybridized carbons (Fsp3) is 0.200. The molecule has 0 bridgehead atoms. The van der Waals surface area contributed by atoms with Crippen molar-refractivity contribution in [3.05, 3.63) is 94.8 Å². The van der Waals surface area contributed by atoms with E-state index in [0.29, 0.717) is 11.3 Å². The molecule has 8 heteroatoms. The van der Waals surface area contributed by atoms with Crippen molar-refractivity contribution in [1.82, 2.24) is 0 Å². The van der Waals surface area contributed by atoms with E-state index >= 15 is 0 Å². The zero-order chi connectivity index (χ0) is 23.5. The zero-order valence-corrected chi connectivity index (χ0v) is 18.9. The van der Waals surface area contributed by atoms with Gasteiger partial charge in [0.1, 0.15) is 11.6 Å². The Morgan fingerprint density at radius 1 is 0.939 bits per heavy atom. The topological polar surface area (TPSA) is 74.8 Å². The number of halogens is 1. The lowest BCUT2D eigenvalue weighted by atomic mass is 10.0. The summed E-state index contributed by atoms with van der Waals surface area (Å²) in [5, 5.41) is 0. The molecular weight excluding hydrogens is 443 g/mol. The Morgan fingerprint density at radius 2 is 1.64 bits per heavy atom. The smallest absolute Gasteiger partial charge is 0.274 e. The number of fused-ring (bicyclic) bond motifs is 2. The van der Waals surface area contributed by atoms with E-state index in [4.69, 9.17) is 0 Å². The molecule has 0 aromatic heterocycles. The zero-order valence-electron chi connectivity index (χ0n) is 18.1. The third-order valence-electron chi connectivity index (χ3n) is 6.43. The largest absolute Gasteiger partial charge is 0.304 e. The van der Waals surface area contributed by atoms with Crippen LogP contribution < -0.4 is 9.80 Å². The molecule has 1 atom stereocenters. The number of anilines is 2. The van der Waals surface area contributed by atoms with Gasteiger partial charge in [-0.2, -0.15) is 0 Å². The SMILES string of the molecule is Cc1ccc(N2C(=O)CS(=O)(=O)C23C(=O)N(Cc2ccccc2C)c2ccccc23)cc1F. The number of amides is 2. The quantitative estimate of drug-likeness (QED) is 0.594. The van der Waals surface area contributed by atoms with Crippen molar-refractivity contribution in [2.24, 2.45) is 0 Å². The highest BCUT2D eigenvalue weighted by molar-refractivity contribution is 7.94. The molecule has 2 amide bonds. The monoisotopic (exact) mass is 464 g/mol. The first kappa shape index (κ1) is 21.3. The van der Waals surface area contributed by atoms with Crippen molar-refractivity contribution in [3.63, 3.8) is 0 Å². The second kappa shape index (κ2) is 7.25. The summed E-state index contributed by atoms with van der Waals surface area (Å²) in [5.74, 6) is -2.92. The minimum Gasteiger partial charge on any atom is -0.304 e. The average Bonchev–Trinajstić information content (AvgIpc) is 3.14.